The van der Waals surface area contributed by atoms with E-state index in [9.17, 15) is 9.59 Å². The lowest BCUT2D eigenvalue weighted by Crippen LogP contribution is -2.40. The predicted molar refractivity (Wildman–Crippen MR) is 105 cm³/mol. The number of H-pyrrole nitrogens is 1. The molecular weight excluding hydrogens is 358 g/mol. The number of ether oxygens (including phenoxy) is 2. The number of nitrogens with zero attached hydrogens (tertiary/aromatic N) is 1. The largest absolute Gasteiger partial charge is 0.486 e. The monoisotopic (exact) mass is 383 g/mol. The van der Waals surface area contributed by atoms with Gasteiger partial charge >= 0.3 is 6.03 Å². The first kappa shape index (κ1) is 18.4. The van der Waals surface area contributed by atoms with Crippen molar-refractivity contribution in [2.75, 3.05) is 19.8 Å². The molecule has 148 valence electrons. The van der Waals surface area contributed by atoms with Crippen molar-refractivity contribution >= 4 is 6.03 Å². The lowest BCUT2D eigenvalue weighted by Gasteiger charge is -2.27. The Hall–Kier alpha value is -2.96. The molecule has 2 N–H and O–H groups in total. The molecule has 2 aliphatic rings. The molecule has 2 aliphatic heterocycles. The van der Waals surface area contributed by atoms with Gasteiger partial charge in [-0.25, -0.2) is 4.79 Å². The number of urea groups is 1. The van der Waals surface area contributed by atoms with Crippen molar-refractivity contribution in [3.8, 4) is 11.5 Å². The van der Waals surface area contributed by atoms with Crippen LogP contribution in [0.1, 0.15) is 41.3 Å². The minimum atomic E-state index is -0.156. The standard InChI is InChI=1S/C21H25N3O4/c1-13-10-14(2)23-20(25)16(13)12-22-21(26)24-7-3-4-17(24)15-5-6-18-19(11-15)28-9-8-27-18/h5-6,10-11,17H,3-4,7-9,12H2,1-2H3,(H,22,26)(H,23,25). The summed E-state index contributed by atoms with van der Waals surface area (Å²) >= 11 is 0. The number of aryl methyl sites for hydroxylation is 2. The van der Waals surface area contributed by atoms with Crippen LogP contribution in [-0.4, -0.2) is 35.7 Å². The summed E-state index contributed by atoms with van der Waals surface area (Å²) in [4.78, 5) is 29.6. The van der Waals surface area contributed by atoms with Crippen LogP contribution in [0.5, 0.6) is 11.5 Å². The third kappa shape index (κ3) is 3.56. The summed E-state index contributed by atoms with van der Waals surface area (Å²) in [6.45, 7) is 5.73. The number of carbonyl (C=O) groups excluding carboxylic acids is 1. The van der Waals surface area contributed by atoms with Gasteiger partial charge in [-0.15, -0.1) is 0 Å². The maximum absolute atomic E-state index is 12.8. The number of fused-ring (bicyclic) bond motifs is 1. The average Bonchev–Trinajstić information content (AvgIpc) is 3.16. The van der Waals surface area contributed by atoms with Gasteiger partial charge in [0.25, 0.3) is 5.56 Å². The molecule has 0 aliphatic carbocycles. The van der Waals surface area contributed by atoms with Crippen LogP contribution in [0.25, 0.3) is 0 Å². The van der Waals surface area contributed by atoms with E-state index in [0.717, 1.165) is 41.2 Å². The zero-order chi connectivity index (χ0) is 19.7. The number of likely N-dealkylation sites (tertiary alicyclic amines) is 1. The zero-order valence-electron chi connectivity index (χ0n) is 16.2. The van der Waals surface area contributed by atoms with Crippen molar-refractivity contribution in [1.29, 1.82) is 0 Å². The summed E-state index contributed by atoms with van der Waals surface area (Å²) in [7, 11) is 0. The Morgan fingerprint density at radius 1 is 1.21 bits per heavy atom. The van der Waals surface area contributed by atoms with Crippen LogP contribution in [0, 0.1) is 13.8 Å². The molecule has 28 heavy (non-hydrogen) atoms. The first-order valence-corrected chi connectivity index (χ1v) is 9.66. The summed E-state index contributed by atoms with van der Waals surface area (Å²) in [6.07, 6.45) is 1.84. The summed E-state index contributed by atoms with van der Waals surface area (Å²) in [5, 5.41) is 2.92. The molecule has 1 aromatic carbocycles. The lowest BCUT2D eigenvalue weighted by molar-refractivity contribution is 0.170. The Kier molecular flexibility index (Phi) is 4.98. The third-order valence-corrected chi connectivity index (χ3v) is 5.37. The molecule has 7 nitrogen and oxygen atoms in total. The van der Waals surface area contributed by atoms with Gasteiger partial charge < -0.3 is 24.7 Å². The van der Waals surface area contributed by atoms with Gasteiger partial charge in [-0.3, -0.25) is 4.79 Å². The molecule has 1 unspecified atom stereocenters. The molecule has 0 radical (unpaired) electrons. The van der Waals surface area contributed by atoms with Crippen LogP contribution >= 0.6 is 0 Å². The number of hydrogen-bond donors (Lipinski definition) is 2. The van der Waals surface area contributed by atoms with E-state index in [-0.39, 0.29) is 24.2 Å². The summed E-state index contributed by atoms with van der Waals surface area (Å²) in [5.41, 5.74) is 3.18. The van der Waals surface area contributed by atoms with Crippen LogP contribution in [0.15, 0.2) is 29.1 Å². The van der Waals surface area contributed by atoms with Gasteiger partial charge in [0.15, 0.2) is 11.5 Å². The lowest BCUT2D eigenvalue weighted by atomic mass is 10.0. The molecule has 7 heteroatoms. The number of rotatable bonds is 3. The molecule has 1 fully saturated rings. The van der Waals surface area contributed by atoms with E-state index >= 15 is 0 Å². The second-order valence-electron chi connectivity index (χ2n) is 7.36. The molecule has 2 aromatic rings. The van der Waals surface area contributed by atoms with Crippen molar-refractivity contribution in [2.45, 2.75) is 39.3 Å². The van der Waals surface area contributed by atoms with Crippen LogP contribution in [-0.2, 0) is 6.54 Å². The first-order valence-electron chi connectivity index (χ1n) is 9.66. The second kappa shape index (κ2) is 7.58. The molecule has 0 bridgehead atoms. The maximum Gasteiger partial charge on any atom is 0.318 e. The molecule has 0 spiro atoms. The van der Waals surface area contributed by atoms with Crippen LogP contribution < -0.4 is 20.3 Å². The van der Waals surface area contributed by atoms with Crippen molar-refractivity contribution < 1.29 is 14.3 Å². The normalized spacial score (nSPS) is 18.2. The molecule has 1 aromatic heterocycles. The second-order valence-corrected chi connectivity index (χ2v) is 7.36. The van der Waals surface area contributed by atoms with E-state index < -0.39 is 0 Å². The van der Waals surface area contributed by atoms with Crippen LogP contribution in [0.4, 0.5) is 4.79 Å². The molecular formula is C21H25N3O4. The van der Waals surface area contributed by atoms with Crippen molar-refractivity contribution in [2.24, 2.45) is 0 Å². The fraction of sp³-hybridized carbons (Fsp3) is 0.429. The highest BCUT2D eigenvalue weighted by Crippen LogP contribution is 2.38. The first-order chi connectivity index (χ1) is 13.5. The number of nitrogens with one attached hydrogen (secondary N) is 2. The van der Waals surface area contributed by atoms with Gasteiger partial charge in [0.05, 0.1) is 12.6 Å². The number of amides is 2. The van der Waals surface area contributed by atoms with Gasteiger partial charge in [-0.1, -0.05) is 6.07 Å². The van der Waals surface area contributed by atoms with Gasteiger partial charge in [0.1, 0.15) is 13.2 Å². The minimum Gasteiger partial charge on any atom is -0.486 e. The SMILES string of the molecule is Cc1cc(C)c(CNC(=O)N2CCCC2c2ccc3c(c2)OCCO3)c(=O)[nH]1. The highest BCUT2D eigenvalue weighted by molar-refractivity contribution is 5.75. The molecule has 2 amide bonds. The number of carbonyl (C=O) groups is 1. The van der Waals surface area contributed by atoms with Gasteiger partial charge in [0.2, 0.25) is 0 Å². The molecule has 1 saturated heterocycles. The summed E-state index contributed by atoms with van der Waals surface area (Å²) < 4.78 is 11.3. The number of aromatic amines is 1. The van der Waals surface area contributed by atoms with E-state index in [1.807, 2.05) is 43.0 Å². The van der Waals surface area contributed by atoms with E-state index in [2.05, 4.69) is 10.3 Å². The predicted octanol–water partition coefficient (Wildman–Crippen LogP) is 2.81. The quantitative estimate of drug-likeness (QED) is 0.854. The van der Waals surface area contributed by atoms with Crippen molar-refractivity contribution in [1.82, 2.24) is 15.2 Å². The number of aromatic nitrogens is 1. The maximum atomic E-state index is 12.8. The Morgan fingerprint density at radius 3 is 2.79 bits per heavy atom. The molecule has 1 atom stereocenters. The van der Waals surface area contributed by atoms with Crippen molar-refractivity contribution in [3.63, 3.8) is 0 Å². The molecule has 0 saturated carbocycles. The fourth-order valence-corrected chi connectivity index (χ4v) is 3.99. The van der Waals surface area contributed by atoms with Gasteiger partial charge in [-0.05, 0) is 56.0 Å². The Balaban J connectivity index is 1.48. The number of pyridine rings is 1. The van der Waals surface area contributed by atoms with Gasteiger partial charge in [0, 0.05) is 17.8 Å². The van der Waals surface area contributed by atoms with E-state index in [1.54, 1.807) is 0 Å². The van der Waals surface area contributed by atoms with E-state index in [1.165, 1.54) is 0 Å². The average molecular weight is 383 g/mol. The van der Waals surface area contributed by atoms with Crippen molar-refractivity contribution in [3.05, 3.63) is 57.0 Å². The molecule has 4 rings (SSSR count). The Labute approximate surface area is 163 Å². The Bertz CT molecular complexity index is 953. The highest BCUT2D eigenvalue weighted by Gasteiger charge is 2.31. The zero-order valence-corrected chi connectivity index (χ0v) is 16.2. The number of hydrogen-bond acceptors (Lipinski definition) is 4. The molecule has 3 heterocycles. The topological polar surface area (TPSA) is 83.7 Å². The smallest absolute Gasteiger partial charge is 0.318 e. The van der Waals surface area contributed by atoms with Crippen LogP contribution in [0.2, 0.25) is 0 Å². The van der Waals surface area contributed by atoms with Crippen LogP contribution in [0.3, 0.4) is 0 Å². The third-order valence-electron chi connectivity index (χ3n) is 5.37. The Morgan fingerprint density at radius 2 is 2.00 bits per heavy atom. The summed E-state index contributed by atoms with van der Waals surface area (Å²) in [5.74, 6) is 1.48. The van der Waals surface area contributed by atoms with E-state index in [4.69, 9.17) is 9.47 Å². The number of benzene rings is 1. The minimum absolute atomic E-state index is 0.00627. The van der Waals surface area contributed by atoms with Gasteiger partial charge in [-0.2, -0.15) is 0 Å². The van der Waals surface area contributed by atoms with E-state index in [0.29, 0.717) is 25.3 Å². The summed E-state index contributed by atoms with van der Waals surface area (Å²) in [6, 6.07) is 7.63. The fourth-order valence-electron chi connectivity index (χ4n) is 3.99. The highest BCUT2D eigenvalue weighted by atomic mass is 16.6.